The number of carbonyl (C=O) groups excluding carboxylic acids is 1. The maximum atomic E-state index is 12.5. The zero-order chi connectivity index (χ0) is 17.6. The average Bonchev–Trinajstić information content (AvgIpc) is 3.08. The van der Waals surface area contributed by atoms with Crippen molar-refractivity contribution >= 4 is 5.91 Å². The normalized spacial score (nSPS) is 24.5. The van der Waals surface area contributed by atoms with E-state index in [9.17, 15) is 9.90 Å². The molecule has 3 rings (SSSR count). The minimum absolute atomic E-state index is 0.168. The van der Waals surface area contributed by atoms with E-state index in [1.165, 1.54) is 12.0 Å². The average molecular weight is 346 g/mol. The summed E-state index contributed by atoms with van der Waals surface area (Å²) in [5.41, 5.74) is 1.35. The van der Waals surface area contributed by atoms with Crippen LogP contribution in [-0.4, -0.2) is 54.3 Å². The van der Waals surface area contributed by atoms with Crippen LogP contribution in [-0.2, 0) is 11.2 Å². The lowest BCUT2D eigenvalue weighted by atomic mass is 9.90. The Kier molecular flexibility index (Phi) is 6.32. The second kappa shape index (κ2) is 8.68. The van der Waals surface area contributed by atoms with Gasteiger partial charge < -0.3 is 20.1 Å². The van der Waals surface area contributed by atoms with Gasteiger partial charge in [-0.3, -0.25) is 4.79 Å². The van der Waals surface area contributed by atoms with Gasteiger partial charge in [-0.1, -0.05) is 12.1 Å². The van der Waals surface area contributed by atoms with Gasteiger partial charge in [0.05, 0.1) is 18.8 Å². The van der Waals surface area contributed by atoms with Crippen LogP contribution >= 0.6 is 0 Å². The molecule has 2 aliphatic rings. The number of aliphatic hydroxyl groups is 1. The number of likely N-dealkylation sites (tertiary alicyclic amines) is 1. The third kappa shape index (κ3) is 4.95. The number of ether oxygens (including phenoxy) is 1. The molecule has 0 radical (unpaired) electrons. The van der Waals surface area contributed by atoms with Gasteiger partial charge in [-0.2, -0.15) is 0 Å². The van der Waals surface area contributed by atoms with Crippen LogP contribution in [0.1, 0.15) is 38.2 Å². The fourth-order valence-electron chi connectivity index (χ4n) is 3.86. The molecule has 2 N–H and O–H groups in total. The van der Waals surface area contributed by atoms with Gasteiger partial charge in [-0.05, 0) is 62.6 Å². The number of hydrogen-bond donors (Lipinski definition) is 2. The summed E-state index contributed by atoms with van der Waals surface area (Å²) in [7, 11) is 0. The van der Waals surface area contributed by atoms with Gasteiger partial charge in [0, 0.05) is 19.6 Å². The minimum atomic E-state index is -0.374. The molecule has 2 saturated heterocycles. The minimum Gasteiger partial charge on any atom is -0.494 e. The number of hydrogen-bond acceptors (Lipinski definition) is 4. The number of rotatable bonds is 6. The van der Waals surface area contributed by atoms with Crippen molar-refractivity contribution in [2.75, 3.05) is 26.2 Å². The molecular weight excluding hydrogens is 316 g/mol. The first-order valence-corrected chi connectivity index (χ1v) is 9.57. The molecule has 0 spiro atoms. The molecule has 2 fully saturated rings. The summed E-state index contributed by atoms with van der Waals surface area (Å²) in [6.45, 7) is 4.93. The van der Waals surface area contributed by atoms with Crippen LogP contribution in [0.15, 0.2) is 24.3 Å². The summed E-state index contributed by atoms with van der Waals surface area (Å²) >= 11 is 0. The third-order valence-electron chi connectivity index (χ3n) is 5.41. The molecule has 1 aromatic carbocycles. The number of piperidine rings is 1. The van der Waals surface area contributed by atoms with Crippen molar-refractivity contribution in [3.05, 3.63) is 29.8 Å². The largest absolute Gasteiger partial charge is 0.494 e. The molecular formula is C20H30N2O3. The molecule has 0 bridgehead atoms. The Balaban J connectivity index is 1.39. The number of nitrogens with zero attached hydrogens (tertiary/aromatic N) is 1. The van der Waals surface area contributed by atoms with Crippen molar-refractivity contribution in [3.63, 3.8) is 0 Å². The second-order valence-electron chi connectivity index (χ2n) is 7.23. The predicted octanol–water partition coefficient (Wildman–Crippen LogP) is 1.98. The highest BCUT2D eigenvalue weighted by Crippen LogP contribution is 2.24. The van der Waals surface area contributed by atoms with Crippen molar-refractivity contribution in [2.45, 2.75) is 51.2 Å². The van der Waals surface area contributed by atoms with Crippen LogP contribution in [0.4, 0.5) is 0 Å². The number of benzene rings is 1. The van der Waals surface area contributed by atoms with Crippen LogP contribution in [0.2, 0.25) is 0 Å². The zero-order valence-corrected chi connectivity index (χ0v) is 15.1. The number of aliphatic hydroxyl groups excluding tert-OH is 1. The summed E-state index contributed by atoms with van der Waals surface area (Å²) in [5, 5.41) is 12.7. The number of amides is 1. The fourth-order valence-corrected chi connectivity index (χ4v) is 3.86. The smallest absolute Gasteiger partial charge is 0.239 e. The Morgan fingerprint density at radius 3 is 2.60 bits per heavy atom. The topological polar surface area (TPSA) is 61.8 Å². The monoisotopic (exact) mass is 346 g/mol. The first-order chi connectivity index (χ1) is 12.2. The molecule has 2 atom stereocenters. The molecule has 138 valence electrons. The molecule has 2 heterocycles. The molecule has 5 nitrogen and oxygen atoms in total. The lowest BCUT2D eigenvalue weighted by molar-refractivity contribution is -0.134. The third-order valence-corrected chi connectivity index (χ3v) is 5.41. The van der Waals surface area contributed by atoms with Gasteiger partial charge >= 0.3 is 0 Å². The van der Waals surface area contributed by atoms with Gasteiger partial charge in [0.25, 0.3) is 0 Å². The van der Waals surface area contributed by atoms with E-state index in [2.05, 4.69) is 17.4 Å². The number of nitrogens with one attached hydrogen (secondary N) is 1. The van der Waals surface area contributed by atoms with E-state index in [0.29, 0.717) is 25.5 Å². The fraction of sp³-hybridized carbons (Fsp3) is 0.650. The van der Waals surface area contributed by atoms with E-state index in [1.54, 1.807) is 0 Å². The van der Waals surface area contributed by atoms with E-state index >= 15 is 0 Å². The lowest BCUT2D eigenvalue weighted by Crippen LogP contribution is -2.47. The number of β-amino-alcohol motifs (C(OH)–C–C–N with tert-alkyl or cyclic N) is 1. The SMILES string of the molecule is CCOc1ccc(CCC2CCN(C(=O)[C@@H]3C[C@H](O)CN3)CC2)cc1. The first kappa shape index (κ1) is 18.2. The zero-order valence-electron chi connectivity index (χ0n) is 15.1. The maximum Gasteiger partial charge on any atom is 0.239 e. The molecule has 0 unspecified atom stereocenters. The molecule has 0 saturated carbocycles. The van der Waals surface area contributed by atoms with Crippen LogP contribution in [0, 0.1) is 5.92 Å². The summed E-state index contributed by atoms with van der Waals surface area (Å²) < 4.78 is 5.48. The van der Waals surface area contributed by atoms with Gasteiger partial charge in [-0.25, -0.2) is 0 Å². The Labute approximate surface area is 150 Å². The predicted molar refractivity (Wildman–Crippen MR) is 97.7 cm³/mol. The second-order valence-corrected chi connectivity index (χ2v) is 7.23. The standard InChI is InChI=1S/C20H30N2O3/c1-2-25-18-7-5-15(6-8-18)3-4-16-9-11-22(12-10-16)20(24)19-13-17(23)14-21-19/h5-8,16-17,19,21,23H,2-4,9-14H2,1H3/t17-,19-/m0/s1. The van der Waals surface area contributed by atoms with Gasteiger partial charge in [0.1, 0.15) is 5.75 Å². The van der Waals surface area contributed by atoms with Crippen LogP contribution in [0.5, 0.6) is 5.75 Å². The van der Waals surface area contributed by atoms with Crippen molar-refractivity contribution < 1.29 is 14.6 Å². The highest BCUT2D eigenvalue weighted by Gasteiger charge is 2.32. The lowest BCUT2D eigenvalue weighted by Gasteiger charge is -2.33. The van der Waals surface area contributed by atoms with Crippen molar-refractivity contribution in [1.29, 1.82) is 0 Å². The highest BCUT2D eigenvalue weighted by atomic mass is 16.5. The van der Waals surface area contributed by atoms with E-state index in [1.807, 2.05) is 24.0 Å². The molecule has 2 aliphatic heterocycles. The van der Waals surface area contributed by atoms with E-state index < -0.39 is 0 Å². The molecule has 1 aromatic rings. The van der Waals surface area contributed by atoms with Crippen molar-refractivity contribution in [1.82, 2.24) is 10.2 Å². The van der Waals surface area contributed by atoms with Gasteiger partial charge in [0.2, 0.25) is 5.91 Å². The Hall–Kier alpha value is -1.59. The maximum absolute atomic E-state index is 12.5. The molecule has 0 aromatic heterocycles. The molecule has 5 heteroatoms. The van der Waals surface area contributed by atoms with Crippen molar-refractivity contribution in [2.24, 2.45) is 5.92 Å². The summed E-state index contributed by atoms with van der Waals surface area (Å²) in [6, 6.07) is 8.21. The summed E-state index contributed by atoms with van der Waals surface area (Å²) in [5.74, 6) is 1.79. The van der Waals surface area contributed by atoms with Gasteiger partial charge in [-0.15, -0.1) is 0 Å². The Morgan fingerprint density at radius 1 is 1.28 bits per heavy atom. The van der Waals surface area contributed by atoms with E-state index in [0.717, 1.165) is 38.1 Å². The van der Waals surface area contributed by atoms with Gasteiger partial charge in [0.15, 0.2) is 0 Å². The summed E-state index contributed by atoms with van der Waals surface area (Å²) in [6.07, 6.45) is 4.60. The summed E-state index contributed by atoms with van der Waals surface area (Å²) in [4.78, 5) is 14.4. The molecule has 1 amide bonds. The quantitative estimate of drug-likeness (QED) is 0.827. The van der Waals surface area contributed by atoms with Crippen LogP contribution in [0.25, 0.3) is 0 Å². The number of carbonyl (C=O) groups is 1. The van der Waals surface area contributed by atoms with Crippen molar-refractivity contribution in [3.8, 4) is 5.75 Å². The van der Waals surface area contributed by atoms with Crippen LogP contribution in [0.3, 0.4) is 0 Å². The van der Waals surface area contributed by atoms with E-state index in [4.69, 9.17) is 4.74 Å². The highest BCUT2D eigenvalue weighted by molar-refractivity contribution is 5.82. The van der Waals surface area contributed by atoms with Crippen LogP contribution < -0.4 is 10.1 Å². The Bertz CT molecular complexity index is 553. The Morgan fingerprint density at radius 2 is 2.00 bits per heavy atom. The molecule has 0 aliphatic carbocycles. The van der Waals surface area contributed by atoms with E-state index in [-0.39, 0.29) is 18.1 Å². The number of aryl methyl sites for hydroxylation is 1. The molecule has 25 heavy (non-hydrogen) atoms. The first-order valence-electron chi connectivity index (χ1n) is 9.57.